The Morgan fingerprint density at radius 1 is 1.16 bits per heavy atom. The predicted octanol–water partition coefficient (Wildman–Crippen LogP) is 3.68. The van der Waals surface area contributed by atoms with Gasteiger partial charge in [0.05, 0.1) is 25.5 Å². The molecule has 3 rings (SSSR count). The lowest BCUT2D eigenvalue weighted by molar-refractivity contribution is 0.00251. The van der Waals surface area contributed by atoms with Crippen LogP contribution in [0.2, 0.25) is 0 Å². The lowest BCUT2D eigenvalue weighted by atomic mass is 10.2. The summed E-state index contributed by atoms with van der Waals surface area (Å²) in [5.41, 5.74) is 1.71. The van der Waals surface area contributed by atoms with Gasteiger partial charge in [-0.25, -0.2) is 4.39 Å². The molecule has 1 atom stereocenters. The fourth-order valence-electron chi connectivity index (χ4n) is 3.49. The minimum absolute atomic E-state index is 0.205. The molecule has 0 aliphatic carbocycles. The number of benzene rings is 1. The van der Waals surface area contributed by atoms with E-state index in [0.717, 1.165) is 24.4 Å². The van der Waals surface area contributed by atoms with Crippen LogP contribution in [0.15, 0.2) is 65.4 Å². The molecule has 1 aromatic carbocycles. The van der Waals surface area contributed by atoms with Gasteiger partial charge in [0.25, 0.3) is 0 Å². The van der Waals surface area contributed by atoms with Crippen molar-refractivity contribution >= 4 is 0 Å². The van der Waals surface area contributed by atoms with Gasteiger partial charge in [-0.15, -0.1) is 0 Å². The maximum absolute atomic E-state index is 14.1. The average molecular weight is 431 g/mol. The standard InChI is InChI=1S/C24H31FN2O4/c1-29-13-6-11-26(17-22(28)18-30-19-23-9-5-14-31-23)16-21-8-4-12-27(21)15-20-7-2-3-10-24(20)25/h2-5,7-10,12,14,22,28H,6,11,13,15-19H2,1H3. The Hall–Kier alpha value is -2.45. The maximum Gasteiger partial charge on any atom is 0.129 e. The zero-order valence-electron chi connectivity index (χ0n) is 18.0. The van der Waals surface area contributed by atoms with Crippen molar-refractivity contribution in [2.45, 2.75) is 32.2 Å². The van der Waals surface area contributed by atoms with E-state index >= 15 is 0 Å². The largest absolute Gasteiger partial charge is 0.467 e. The van der Waals surface area contributed by atoms with Crippen LogP contribution in [0.25, 0.3) is 0 Å². The summed E-state index contributed by atoms with van der Waals surface area (Å²) in [7, 11) is 1.68. The summed E-state index contributed by atoms with van der Waals surface area (Å²) in [6.07, 6.45) is 3.78. The van der Waals surface area contributed by atoms with Crippen molar-refractivity contribution in [3.8, 4) is 0 Å². The van der Waals surface area contributed by atoms with Crippen molar-refractivity contribution in [1.82, 2.24) is 9.47 Å². The van der Waals surface area contributed by atoms with Crippen molar-refractivity contribution < 1.29 is 23.4 Å². The van der Waals surface area contributed by atoms with E-state index in [0.29, 0.717) is 38.4 Å². The molecule has 0 amide bonds. The lowest BCUT2D eigenvalue weighted by Gasteiger charge is -2.25. The molecule has 0 aliphatic heterocycles. The summed E-state index contributed by atoms with van der Waals surface area (Å²) in [5.74, 6) is 0.526. The predicted molar refractivity (Wildman–Crippen MR) is 116 cm³/mol. The molecule has 3 aromatic rings. The zero-order chi connectivity index (χ0) is 21.9. The van der Waals surface area contributed by atoms with Gasteiger partial charge in [-0.2, -0.15) is 0 Å². The number of furan rings is 1. The number of aliphatic hydroxyl groups excluding tert-OH is 1. The molecule has 31 heavy (non-hydrogen) atoms. The number of rotatable bonds is 14. The van der Waals surface area contributed by atoms with Crippen LogP contribution >= 0.6 is 0 Å². The number of nitrogens with zero attached hydrogens (tertiary/aromatic N) is 2. The van der Waals surface area contributed by atoms with Crippen molar-refractivity contribution in [1.29, 1.82) is 0 Å². The third-order valence-electron chi connectivity index (χ3n) is 5.03. The summed E-state index contributed by atoms with van der Waals surface area (Å²) >= 11 is 0. The molecular formula is C24H31FN2O4. The molecule has 0 saturated heterocycles. The first kappa shape index (κ1) is 23.2. The number of hydrogen-bond donors (Lipinski definition) is 1. The highest BCUT2D eigenvalue weighted by atomic mass is 19.1. The molecule has 6 nitrogen and oxygen atoms in total. The second-order valence-corrected chi connectivity index (χ2v) is 7.55. The molecule has 1 N–H and O–H groups in total. The van der Waals surface area contributed by atoms with Gasteiger partial charge < -0.3 is 23.6 Å². The van der Waals surface area contributed by atoms with Gasteiger partial charge in [0.1, 0.15) is 18.2 Å². The summed E-state index contributed by atoms with van der Waals surface area (Å²) in [6, 6.07) is 14.5. The first-order valence-electron chi connectivity index (χ1n) is 10.5. The minimum Gasteiger partial charge on any atom is -0.467 e. The van der Waals surface area contributed by atoms with E-state index in [9.17, 15) is 9.50 Å². The summed E-state index contributed by atoms with van der Waals surface area (Å²) < 4.78 is 32.1. The minimum atomic E-state index is -0.632. The van der Waals surface area contributed by atoms with Crippen LogP contribution in [0.5, 0.6) is 0 Å². The molecule has 2 aromatic heterocycles. The van der Waals surface area contributed by atoms with Crippen molar-refractivity contribution in [2.75, 3.05) is 33.4 Å². The van der Waals surface area contributed by atoms with Crippen LogP contribution in [-0.4, -0.2) is 54.1 Å². The topological polar surface area (TPSA) is 60.0 Å². The number of methoxy groups -OCH3 is 1. The van der Waals surface area contributed by atoms with Crippen LogP contribution in [0.4, 0.5) is 4.39 Å². The van der Waals surface area contributed by atoms with E-state index in [4.69, 9.17) is 13.9 Å². The van der Waals surface area contributed by atoms with Crippen LogP contribution in [-0.2, 0) is 29.2 Å². The first-order chi connectivity index (χ1) is 15.2. The van der Waals surface area contributed by atoms with E-state index in [-0.39, 0.29) is 12.4 Å². The number of halogens is 1. The van der Waals surface area contributed by atoms with Crippen LogP contribution < -0.4 is 0 Å². The average Bonchev–Trinajstić information content (AvgIpc) is 3.42. The highest BCUT2D eigenvalue weighted by Crippen LogP contribution is 2.14. The Morgan fingerprint density at radius 3 is 2.81 bits per heavy atom. The zero-order valence-corrected chi connectivity index (χ0v) is 18.0. The fraction of sp³-hybridized carbons (Fsp3) is 0.417. The molecule has 7 heteroatoms. The van der Waals surface area contributed by atoms with E-state index in [2.05, 4.69) is 4.90 Å². The highest BCUT2D eigenvalue weighted by molar-refractivity contribution is 5.19. The van der Waals surface area contributed by atoms with Gasteiger partial charge in [0, 0.05) is 50.8 Å². The summed E-state index contributed by atoms with van der Waals surface area (Å²) in [4.78, 5) is 2.17. The van der Waals surface area contributed by atoms with Crippen LogP contribution in [0, 0.1) is 5.82 Å². The van der Waals surface area contributed by atoms with Crippen molar-refractivity contribution in [2.24, 2.45) is 0 Å². The third-order valence-corrected chi connectivity index (χ3v) is 5.03. The molecule has 0 spiro atoms. The molecule has 0 radical (unpaired) electrons. The van der Waals surface area contributed by atoms with Gasteiger partial charge in [-0.3, -0.25) is 4.90 Å². The smallest absolute Gasteiger partial charge is 0.129 e. The number of aromatic nitrogens is 1. The summed E-state index contributed by atoms with van der Waals surface area (Å²) in [6.45, 7) is 3.55. The molecule has 0 aliphatic rings. The van der Waals surface area contributed by atoms with Gasteiger partial charge in [0.15, 0.2) is 0 Å². The third kappa shape index (κ3) is 7.63. The number of aliphatic hydroxyl groups is 1. The van der Waals surface area contributed by atoms with Gasteiger partial charge in [-0.05, 0) is 36.8 Å². The SMILES string of the molecule is COCCCN(Cc1cccn1Cc1ccccc1F)CC(O)COCc1ccco1. The Morgan fingerprint density at radius 2 is 2.03 bits per heavy atom. The molecule has 0 bridgehead atoms. The number of hydrogen-bond acceptors (Lipinski definition) is 5. The Balaban J connectivity index is 1.57. The molecular weight excluding hydrogens is 399 g/mol. The molecule has 0 saturated carbocycles. The first-order valence-corrected chi connectivity index (χ1v) is 10.5. The van der Waals surface area contributed by atoms with E-state index in [1.807, 2.05) is 41.1 Å². The van der Waals surface area contributed by atoms with Crippen LogP contribution in [0.1, 0.15) is 23.4 Å². The van der Waals surface area contributed by atoms with E-state index < -0.39 is 6.10 Å². The van der Waals surface area contributed by atoms with Crippen molar-refractivity contribution in [3.05, 3.63) is 83.8 Å². The Labute approximate surface area is 182 Å². The monoisotopic (exact) mass is 430 g/mol. The maximum atomic E-state index is 14.1. The van der Waals surface area contributed by atoms with Crippen molar-refractivity contribution in [3.63, 3.8) is 0 Å². The molecule has 2 heterocycles. The summed E-state index contributed by atoms with van der Waals surface area (Å²) in [5, 5.41) is 10.5. The van der Waals surface area contributed by atoms with E-state index in [1.54, 1.807) is 25.5 Å². The Kier molecular flexibility index (Phi) is 9.30. The normalized spacial score (nSPS) is 12.5. The molecule has 1 unspecified atom stereocenters. The molecule has 168 valence electrons. The highest BCUT2D eigenvalue weighted by Gasteiger charge is 2.15. The quantitative estimate of drug-likeness (QED) is 0.396. The Bertz CT molecular complexity index is 881. The second kappa shape index (κ2) is 12.4. The van der Waals surface area contributed by atoms with E-state index in [1.165, 1.54) is 6.07 Å². The fourth-order valence-corrected chi connectivity index (χ4v) is 3.49. The van der Waals surface area contributed by atoms with Gasteiger partial charge >= 0.3 is 0 Å². The second-order valence-electron chi connectivity index (χ2n) is 7.55. The van der Waals surface area contributed by atoms with Gasteiger partial charge in [0.2, 0.25) is 0 Å². The lowest BCUT2D eigenvalue weighted by Crippen LogP contribution is -2.36. The van der Waals surface area contributed by atoms with Gasteiger partial charge in [-0.1, -0.05) is 18.2 Å². The van der Waals surface area contributed by atoms with Crippen LogP contribution in [0.3, 0.4) is 0 Å². The molecule has 0 fully saturated rings. The number of ether oxygens (including phenoxy) is 2.